The van der Waals surface area contributed by atoms with Crippen LogP contribution in [0.4, 0.5) is 0 Å². The van der Waals surface area contributed by atoms with Crippen molar-refractivity contribution in [1.82, 2.24) is 0 Å². The van der Waals surface area contributed by atoms with Gasteiger partial charge < -0.3 is 39.4 Å². The molecular formula is C45H66O10. The molecule has 0 bridgehead atoms. The lowest BCUT2D eigenvalue weighted by atomic mass is 9.99. The molecule has 10 nitrogen and oxygen atoms in total. The molecule has 0 saturated carbocycles. The van der Waals surface area contributed by atoms with Gasteiger partial charge in [-0.3, -0.25) is 9.59 Å². The van der Waals surface area contributed by atoms with Gasteiger partial charge >= 0.3 is 11.9 Å². The second-order valence-corrected chi connectivity index (χ2v) is 12.9. The zero-order valence-electron chi connectivity index (χ0n) is 32.9. The van der Waals surface area contributed by atoms with E-state index in [0.29, 0.717) is 12.8 Å². The van der Waals surface area contributed by atoms with Crippen molar-refractivity contribution in [3.8, 4) is 0 Å². The number of hydrogen-bond donors (Lipinski definition) is 4. The summed E-state index contributed by atoms with van der Waals surface area (Å²) in [4.78, 5) is 25.2. The monoisotopic (exact) mass is 766 g/mol. The van der Waals surface area contributed by atoms with Crippen LogP contribution in [0.2, 0.25) is 0 Å². The normalized spacial score (nSPS) is 21.9. The van der Waals surface area contributed by atoms with Crippen molar-refractivity contribution in [2.45, 2.75) is 128 Å². The fourth-order valence-corrected chi connectivity index (χ4v) is 4.99. The number of allylic oxidation sites excluding steroid dienone is 20. The quantitative estimate of drug-likeness (QED) is 0.0342. The van der Waals surface area contributed by atoms with E-state index < -0.39 is 55.4 Å². The third-order valence-electron chi connectivity index (χ3n) is 8.10. The average Bonchev–Trinajstić information content (AvgIpc) is 3.18. The van der Waals surface area contributed by atoms with Crippen molar-refractivity contribution in [3.63, 3.8) is 0 Å². The molecule has 0 radical (unpaired) electrons. The zero-order valence-corrected chi connectivity index (χ0v) is 32.9. The second kappa shape index (κ2) is 34.6. The molecule has 0 aromatic rings. The van der Waals surface area contributed by atoms with Gasteiger partial charge in [-0.1, -0.05) is 148 Å². The molecule has 0 spiro atoms. The molecular weight excluding hydrogens is 700 g/mol. The molecule has 1 aliphatic heterocycles. The summed E-state index contributed by atoms with van der Waals surface area (Å²) < 4.78 is 22.0. The van der Waals surface area contributed by atoms with Crippen LogP contribution in [0.5, 0.6) is 0 Å². The highest BCUT2D eigenvalue weighted by atomic mass is 16.7. The predicted molar refractivity (Wildman–Crippen MR) is 219 cm³/mol. The van der Waals surface area contributed by atoms with Crippen molar-refractivity contribution in [2.24, 2.45) is 0 Å². The number of hydrogen-bond acceptors (Lipinski definition) is 10. The van der Waals surface area contributed by atoms with Gasteiger partial charge in [0.15, 0.2) is 12.4 Å². The number of unbranched alkanes of at least 4 members (excludes halogenated alkanes) is 6. The highest BCUT2D eigenvalue weighted by Crippen LogP contribution is 2.22. The number of carbonyl (C=O) groups excluding carboxylic acids is 2. The fourth-order valence-electron chi connectivity index (χ4n) is 4.99. The van der Waals surface area contributed by atoms with E-state index in [1.165, 1.54) is 0 Å². The first-order valence-electron chi connectivity index (χ1n) is 19.7. The summed E-state index contributed by atoms with van der Waals surface area (Å²) in [6.45, 7) is 3.00. The van der Waals surface area contributed by atoms with Gasteiger partial charge in [0.05, 0.1) is 13.2 Å². The van der Waals surface area contributed by atoms with E-state index in [4.69, 9.17) is 18.9 Å². The highest BCUT2D eigenvalue weighted by molar-refractivity contribution is 5.70. The Morgan fingerprint density at radius 1 is 0.564 bits per heavy atom. The molecule has 0 aromatic heterocycles. The Bertz CT molecular complexity index is 1300. The van der Waals surface area contributed by atoms with Gasteiger partial charge in [0.1, 0.15) is 31.0 Å². The van der Waals surface area contributed by atoms with Crippen molar-refractivity contribution in [3.05, 3.63) is 122 Å². The molecule has 6 atom stereocenters. The molecule has 306 valence electrons. The van der Waals surface area contributed by atoms with Crippen LogP contribution >= 0.6 is 0 Å². The fraction of sp³-hybridized carbons (Fsp3) is 0.511. The predicted octanol–water partition coefficient (Wildman–Crippen LogP) is 7.54. The summed E-state index contributed by atoms with van der Waals surface area (Å²) in [6, 6.07) is 0. The minimum atomic E-state index is -1.62. The Kier molecular flexibility index (Phi) is 30.9. The Balaban J connectivity index is 2.47. The molecule has 10 heteroatoms. The maximum Gasteiger partial charge on any atom is 0.306 e. The van der Waals surface area contributed by atoms with Gasteiger partial charge in [-0.25, -0.2) is 0 Å². The number of aliphatic hydroxyl groups is 4. The van der Waals surface area contributed by atoms with Crippen LogP contribution in [0.25, 0.3) is 0 Å². The lowest BCUT2D eigenvalue weighted by molar-refractivity contribution is -0.305. The number of esters is 2. The number of aliphatic hydroxyl groups excluding tert-OH is 4. The van der Waals surface area contributed by atoms with Gasteiger partial charge in [0.25, 0.3) is 0 Å². The third-order valence-corrected chi connectivity index (χ3v) is 8.10. The summed E-state index contributed by atoms with van der Waals surface area (Å²) in [5.41, 5.74) is 0. The molecule has 1 rings (SSSR count). The number of carbonyl (C=O) groups is 2. The smallest absolute Gasteiger partial charge is 0.306 e. The van der Waals surface area contributed by atoms with Gasteiger partial charge in [-0.05, 0) is 51.4 Å². The second-order valence-electron chi connectivity index (χ2n) is 12.9. The Labute approximate surface area is 329 Å². The molecule has 0 aliphatic carbocycles. The highest BCUT2D eigenvalue weighted by Gasteiger charge is 2.44. The van der Waals surface area contributed by atoms with Crippen molar-refractivity contribution in [2.75, 3.05) is 19.8 Å². The molecule has 1 heterocycles. The first-order chi connectivity index (χ1) is 26.8. The Morgan fingerprint density at radius 2 is 1.02 bits per heavy atom. The minimum Gasteiger partial charge on any atom is -0.462 e. The van der Waals surface area contributed by atoms with E-state index in [0.717, 1.165) is 51.4 Å². The van der Waals surface area contributed by atoms with Gasteiger partial charge in [-0.15, -0.1) is 0 Å². The summed E-state index contributed by atoms with van der Waals surface area (Å²) in [6.07, 6.45) is 40.6. The Morgan fingerprint density at radius 3 is 1.49 bits per heavy atom. The Hall–Kier alpha value is -3.90. The van der Waals surface area contributed by atoms with E-state index in [1.807, 2.05) is 97.2 Å². The average molecular weight is 767 g/mol. The van der Waals surface area contributed by atoms with Gasteiger partial charge in [0.2, 0.25) is 0 Å². The molecule has 1 aliphatic rings. The topological polar surface area (TPSA) is 152 Å². The molecule has 0 amide bonds. The van der Waals surface area contributed by atoms with Gasteiger partial charge in [-0.2, -0.15) is 0 Å². The van der Waals surface area contributed by atoms with Crippen LogP contribution in [-0.2, 0) is 28.5 Å². The summed E-state index contributed by atoms with van der Waals surface area (Å²) in [5.74, 6) is -0.923. The van der Waals surface area contributed by atoms with Gasteiger partial charge in [0, 0.05) is 12.8 Å². The van der Waals surface area contributed by atoms with Crippen LogP contribution in [0.1, 0.15) is 90.9 Å². The molecule has 3 unspecified atom stereocenters. The first-order valence-corrected chi connectivity index (χ1v) is 19.7. The number of rotatable bonds is 29. The van der Waals surface area contributed by atoms with Crippen LogP contribution in [-0.4, -0.2) is 89.0 Å². The minimum absolute atomic E-state index is 0.164. The van der Waals surface area contributed by atoms with Crippen molar-refractivity contribution in [1.29, 1.82) is 0 Å². The third kappa shape index (κ3) is 26.5. The molecule has 55 heavy (non-hydrogen) atoms. The molecule has 4 N–H and O–H groups in total. The van der Waals surface area contributed by atoms with E-state index in [2.05, 4.69) is 38.2 Å². The largest absolute Gasteiger partial charge is 0.462 e. The van der Waals surface area contributed by atoms with Crippen LogP contribution in [0, 0.1) is 0 Å². The van der Waals surface area contributed by atoms with E-state index >= 15 is 0 Å². The molecule has 0 aromatic carbocycles. The summed E-state index contributed by atoms with van der Waals surface area (Å²) in [7, 11) is 0. The summed E-state index contributed by atoms with van der Waals surface area (Å²) in [5, 5.41) is 39.9. The molecule has 1 saturated heterocycles. The van der Waals surface area contributed by atoms with Crippen LogP contribution < -0.4 is 0 Å². The van der Waals surface area contributed by atoms with E-state index in [9.17, 15) is 30.0 Å². The SMILES string of the molecule is CC/C=C/C=C/C=C/C=C/C=C/C=C/CCCCCC(=O)OCC(CO[C@H]1O[C@@H](CO)[C@@H](O)C(O)C1O)OC(=O)CCCCC/C=C/C=C/C=C/C=C/CC. The maximum atomic E-state index is 12.7. The van der Waals surface area contributed by atoms with Crippen molar-refractivity contribution >= 4 is 11.9 Å². The first kappa shape index (κ1) is 49.1. The maximum absolute atomic E-state index is 12.7. The van der Waals surface area contributed by atoms with E-state index in [1.54, 1.807) is 0 Å². The van der Waals surface area contributed by atoms with Crippen LogP contribution in [0.3, 0.4) is 0 Å². The van der Waals surface area contributed by atoms with E-state index in [-0.39, 0.29) is 26.1 Å². The lowest BCUT2D eigenvalue weighted by Crippen LogP contribution is -2.59. The number of ether oxygens (including phenoxy) is 4. The summed E-state index contributed by atoms with van der Waals surface area (Å²) >= 11 is 0. The zero-order chi connectivity index (χ0) is 40.2. The lowest BCUT2D eigenvalue weighted by Gasteiger charge is -2.39. The standard InChI is InChI=1S/C45H66O10/c1-3-5-7-9-11-13-15-17-18-19-20-22-23-25-27-29-31-33-40(47)52-36-38(37-53-45-44(51)43(50)42(49)39(35-46)55-45)54-41(48)34-32-30-28-26-24-21-16-14-12-10-8-6-4-2/h5-24,38-39,42-46,49-51H,3-4,25-37H2,1-2H3/b7-5+,8-6+,11-9+,12-10+,15-13+,16-14+,18-17+,20-19+,23-22+,24-21+/t38?,39-,42+,43?,44?,45-/m0/s1. The molecule has 1 fully saturated rings. The van der Waals surface area contributed by atoms with Crippen LogP contribution in [0.15, 0.2) is 122 Å². The van der Waals surface area contributed by atoms with Crippen molar-refractivity contribution < 1.29 is 49.0 Å².